The summed E-state index contributed by atoms with van der Waals surface area (Å²) >= 11 is 7.63. The smallest absolute Gasteiger partial charge is 0.166 e. The molecule has 2 N–H and O–H groups in total. The quantitative estimate of drug-likeness (QED) is 0.416. The van der Waals surface area contributed by atoms with Crippen molar-refractivity contribution in [2.24, 2.45) is 0 Å². The van der Waals surface area contributed by atoms with E-state index < -0.39 is 0 Å². The molecule has 0 radical (unpaired) electrons. The molecule has 0 saturated heterocycles. The van der Waals surface area contributed by atoms with Crippen LogP contribution in [0.4, 0.5) is 5.82 Å². The van der Waals surface area contributed by atoms with Gasteiger partial charge in [-0.3, -0.25) is 0 Å². The Balaban J connectivity index is 1.56. The van der Waals surface area contributed by atoms with Gasteiger partial charge in [0.05, 0.1) is 16.6 Å². The third-order valence-corrected chi connectivity index (χ3v) is 4.45. The fraction of sp³-hybridized carbons (Fsp3) is 0.188. The number of hydrogen-bond acceptors (Lipinski definition) is 5. The van der Waals surface area contributed by atoms with E-state index in [0.717, 1.165) is 34.1 Å². The first-order valence-electron chi connectivity index (χ1n) is 7.06. The number of fused-ring (bicyclic) bond motifs is 1. The Morgan fingerprint density at radius 1 is 1.35 bits per heavy atom. The highest BCUT2D eigenvalue weighted by molar-refractivity contribution is 7.99. The molecule has 0 saturated carbocycles. The van der Waals surface area contributed by atoms with Crippen LogP contribution in [0.2, 0.25) is 5.15 Å². The van der Waals surface area contributed by atoms with E-state index in [9.17, 15) is 0 Å². The van der Waals surface area contributed by atoms with Gasteiger partial charge in [-0.05, 0) is 30.7 Å². The minimum absolute atomic E-state index is 0.236. The van der Waals surface area contributed by atoms with E-state index in [1.165, 1.54) is 0 Å². The molecule has 3 aromatic rings. The van der Waals surface area contributed by atoms with E-state index in [2.05, 4.69) is 26.3 Å². The SMILES string of the molecule is Cc1cc(NCCSc2nc3ccccc3[nH]2)nc(Cl)c1C#N. The van der Waals surface area contributed by atoms with Crippen molar-refractivity contribution < 1.29 is 0 Å². The first-order valence-corrected chi connectivity index (χ1v) is 8.42. The molecule has 2 aromatic heterocycles. The lowest BCUT2D eigenvalue weighted by Gasteiger charge is -2.07. The molecule has 116 valence electrons. The highest BCUT2D eigenvalue weighted by Crippen LogP contribution is 2.21. The highest BCUT2D eigenvalue weighted by atomic mass is 35.5. The van der Waals surface area contributed by atoms with E-state index in [1.54, 1.807) is 11.8 Å². The van der Waals surface area contributed by atoms with Crippen LogP contribution >= 0.6 is 23.4 Å². The van der Waals surface area contributed by atoms with Crippen LogP contribution in [-0.4, -0.2) is 27.2 Å². The summed E-state index contributed by atoms with van der Waals surface area (Å²) in [5.74, 6) is 1.51. The fourth-order valence-corrected chi connectivity index (χ4v) is 3.21. The lowest BCUT2D eigenvalue weighted by Crippen LogP contribution is -2.06. The summed E-state index contributed by atoms with van der Waals surface area (Å²) in [6.07, 6.45) is 0. The van der Waals surface area contributed by atoms with Crippen molar-refractivity contribution in [2.45, 2.75) is 12.1 Å². The molecule has 2 heterocycles. The summed E-state index contributed by atoms with van der Waals surface area (Å²) in [6, 6.07) is 11.8. The largest absolute Gasteiger partial charge is 0.369 e. The summed E-state index contributed by atoms with van der Waals surface area (Å²) < 4.78 is 0. The van der Waals surface area contributed by atoms with Crippen LogP contribution in [0.15, 0.2) is 35.5 Å². The number of nitriles is 1. The van der Waals surface area contributed by atoms with Gasteiger partial charge in [-0.25, -0.2) is 9.97 Å². The summed E-state index contributed by atoms with van der Waals surface area (Å²) in [7, 11) is 0. The van der Waals surface area contributed by atoms with Crippen LogP contribution in [0.5, 0.6) is 0 Å². The zero-order valence-electron chi connectivity index (χ0n) is 12.4. The Hall–Kier alpha value is -2.23. The maximum Gasteiger partial charge on any atom is 0.166 e. The van der Waals surface area contributed by atoms with E-state index in [1.807, 2.05) is 37.3 Å². The predicted molar refractivity (Wildman–Crippen MR) is 94.0 cm³/mol. The number of H-pyrrole nitrogens is 1. The molecule has 7 heteroatoms. The standard InChI is InChI=1S/C16H14ClN5S/c1-10-8-14(22-15(17)11(10)9-18)19-6-7-23-16-20-12-4-2-3-5-13(12)21-16/h2-5,8H,6-7H2,1H3,(H,19,22)(H,20,21). The molecule has 0 bridgehead atoms. The second-order valence-electron chi connectivity index (χ2n) is 4.94. The molecule has 0 spiro atoms. The number of aromatic amines is 1. The van der Waals surface area contributed by atoms with Crippen LogP contribution in [0.25, 0.3) is 11.0 Å². The molecule has 3 rings (SSSR count). The number of benzene rings is 1. The van der Waals surface area contributed by atoms with Gasteiger partial charge in [0.15, 0.2) is 5.16 Å². The number of hydrogen-bond donors (Lipinski definition) is 2. The van der Waals surface area contributed by atoms with Gasteiger partial charge >= 0.3 is 0 Å². The molecule has 0 fully saturated rings. The van der Waals surface area contributed by atoms with Crippen molar-refractivity contribution >= 4 is 40.2 Å². The Bertz CT molecular complexity index is 828. The van der Waals surface area contributed by atoms with Crippen molar-refractivity contribution in [2.75, 3.05) is 17.6 Å². The number of aromatic nitrogens is 3. The van der Waals surface area contributed by atoms with Crippen molar-refractivity contribution in [3.05, 3.63) is 46.6 Å². The molecule has 1 aromatic carbocycles. The molecular weight excluding hydrogens is 330 g/mol. The monoisotopic (exact) mass is 343 g/mol. The zero-order chi connectivity index (χ0) is 16.2. The summed E-state index contributed by atoms with van der Waals surface area (Å²) in [5.41, 5.74) is 3.26. The van der Waals surface area contributed by atoms with Crippen molar-refractivity contribution in [3.8, 4) is 6.07 Å². The second-order valence-corrected chi connectivity index (χ2v) is 6.38. The molecule has 0 unspecified atom stereocenters. The second kappa shape index (κ2) is 6.90. The maximum absolute atomic E-state index is 8.98. The number of aryl methyl sites for hydroxylation is 1. The number of nitrogens with one attached hydrogen (secondary N) is 2. The zero-order valence-corrected chi connectivity index (χ0v) is 14.0. The average molecular weight is 344 g/mol. The topological polar surface area (TPSA) is 77.4 Å². The van der Waals surface area contributed by atoms with Crippen LogP contribution in [0.1, 0.15) is 11.1 Å². The van der Waals surface area contributed by atoms with Gasteiger partial charge < -0.3 is 10.3 Å². The molecule has 0 amide bonds. The minimum atomic E-state index is 0.236. The minimum Gasteiger partial charge on any atom is -0.369 e. The van der Waals surface area contributed by atoms with Gasteiger partial charge in [-0.2, -0.15) is 5.26 Å². The third-order valence-electron chi connectivity index (χ3n) is 3.30. The van der Waals surface area contributed by atoms with Crippen molar-refractivity contribution in [1.29, 1.82) is 5.26 Å². The number of thioether (sulfide) groups is 1. The molecule has 5 nitrogen and oxygen atoms in total. The van der Waals surface area contributed by atoms with Gasteiger partial charge in [-0.1, -0.05) is 35.5 Å². The first kappa shape index (κ1) is 15.7. The number of imidazole rings is 1. The summed E-state index contributed by atoms with van der Waals surface area (Å²) in [5, 5.41) is 13.3. The molecular formula is C16H14ClN5S. The summed E-state index contributed by atoms with van der Waals surface area (Å²) in [4.78, 5) is 12.0. The lowest BCUT2D eigenvalue weighted by atomic mass is 10.2. The molecule has 0 aliphatic heterocycles. The van der Waals surface area contributed by atoms with Crippen LogP contribution in [-0.2, 0) is 0 Å². The number of rotatable bonds is 5. The van der Waals surface area contributed by atoms with E-state index in [0.29, 0.717) is 11.4 Å². The van der Waals surface area contributed by atoms with Gasteiger partial charge in [0.2, 0.25) is 0 Å². The molecule has 0 atom stereocenters. The summed E-state index contributed by atoms with van der Waals surface area (Å²) in [6.45, 7) is 2.57. The van der Waals surface area contributed by atoms with Crippen molar-refractivity contribution in [3.63, 3.8) is 0 Å². The van der Waals surface area contributed by atoms with Gasteiger partial charge in [-0.15, -0.1) is 0 Å². The van der Waals surface area contributed by atoms with E-state index in [4.69, 9.17) is 16.9 Å². The number of para-hydroxylation sites is 2. The van der Waals surface area contributed by atoms with Crippen LogP contribution in [0, 0.1) is 18.3 Å². The molecule has 23 heavy (non-hydrogen) atoms. The normalized spacial score (nSPS) is 10.7. The van der Waals surface area contributed by atoms with E-state index in [-0.39, 0.29) is 5.15 Å². The predicted octanol–water partition coefficient (Wildman–Crippen LogP) is 4.00. The van der Waals surface area contributed by atoms with Crippen molar-refractivity contribution in [1.82, 2.24) is 15.0 Å². The lowest BCUT2D eigenvalue weighted by molar-refractivity contribution is 1.07. The molecule has 0 aliphatic rings. The highest BCUT2D eigenvalue weighted by Gasteiger charge is 2.07. The Kier molecular flexibility index (Phi) is 4.70. The number of halogens is 1. The average Bonchev–Trinajstić information content (AvgIpc) is 2.94. The van der Waals surface area contributed by atoms with Gasteiger partial charge in [0.25, 0.3) is 0 Å². The Morgan fingerprint density at radius 3 is 2.91 bits per heavy atom. The van der Waals surface area contributed by atoms with Gasteiger partial charge in [0.1, 0.15) is 17.0 Å². The Morgan fingerprint density at radius 2 is 2.17 bits per heavy atom. The number of anilines is 1. The fourth-order valence-electron chi connectivity index (χ4n) is 2.18. The van der Waals surface area contributed by atoms with Gasteiger partial charge in [0, 0.05) is 12.3 Å². The van der Waals surface area contributed by atoms with Crippen LogP contribution in [0.3, 0.4) is 0 Å². The number of nitrogens with zero attached hydrogens (tertiary/aromatic N) is 3. The van der Waals surface area contributed by atoms with Crippen LogP contribution < -0.4 is 5.32 Å². The maximum atomic E-state index is 8.98. The molecule has 0 aliphatic carbocycles. The number of pyridine rings is 1. The third kappa shape index (κ3) is 3.58. The van der Waals surface area contributed by atoms with E-state index >= 15 is 0 Å². The first-order chi connectivity index (χ1) is 11.2. The Labute approximate surface area is 143 Å².